The van der Waals surface area contributed by atoms with Crippen molar-refractivity contribution in [2.45, 2.75) is 52.0 Å². The van der Waals surface area contributed by atoms with Crippen LogP contribution in [0.15, 0.2) is 18.2 Å². The monoisotopic (exact) mass is 311 g/mol. The summed E-state index contributed by atoms with van der Waals surface area (Å²) in [4.78, 5) is 0. The fourth-order valence-corrected chi connectivity index (χ4v) is 3.80. The summed E-state index contributed by atoms with van der Waals surface area (Å²) >= 11 is 5.83. The molecule has 1 aliphatic rings. The number of benzene rings is 1. The second kappa shape index (κ2) is 7.60. The van der Waals surface area contributed by atoms with Gasteiger partial charge >= 0.3 is 0 Å². The lowest BCUT2D eigenvalue weighted by atomic mass is 9.73. The Hall–Kier alpha value is -0.600. The third kappa shape index (κ3) is 4.43. The summed E-state index contributed by atoms with van der Waals surface area (Å²) in [7, 11) is 1.99. The summed E-state index contributed by atoms with van der Waals surface area (Å²) in [6, 6.07) is 5.37. The molecule has 0 aromatic heterocycles. The highest BCUT2D eigenvalue weighted by molar-refractivity contribution is 6.30. The van der Waals surface area contributed by atoms with Gasteiger partial charge in [-0.15, -0.1) is 0 Å². The van der Waals surface area contributed by atoms with Crippen LogP contribution >= 0.6 is 11.6 Å². The summed E-state index contributed by atoms with van der Waals surface area (Å²) in [6.07, 6.45) is 5.87. The maximum atomic E-state index is 14.0. The molecule has 1 aromatic rings. The molecule has 0 bridgehead atoms. The highest BCUT2D eigenvalue weighted by Crippen LogP contribution is 2.35. The zero-order valence-corrected chi connectivity index (χ0v) is 14.1. The van der Waals surface area contributed by atoms with Crippen molar-refractivity contribution in [2.24, 2.45) is 17.8 Å². The normalized spacial score (nSPS) is 24.3. The number of hydrogen-bond donors (Lipinski definition) is 1. The van der Waals surface area contributed by atoms with Gasteiger partial charge in [-0.2, -0.15) is 0 Å². The number of rotatable bonds is 5. The Balaban J connectivity index is 1.97. The second-order valence-corrected chi connectivity index (χ2v) is 7.19. The maximum Gasteiger partial charge on any atom is 0.127 e. The van der Waals surface area contributed by atoms with Crippen LogP contribution in [0.4, 0.5) is 4.39 Å². The molecule has 0 saturated heterocycles. The average molecular weight is 312 g/mol. The predicted octanol–water partition coefficient (Wildman–Crippen LogP) is 5.07. The van der Waals surface area contributed by atoms with Crippen molar-refractivity contribution in [1.82, 2.24) is 5.32 Å². The van der Waals surface area contributed by atoms with Gasteiger partial charge in [0.25, 0.3) is 0 Å². The molecule has 0 spiro atoms. The Labute approximate surface area is 133 Å². The zero-order chi connectivity index (χ0) is 15.4. The molecule has 0 amide bonds. The minimum Gasteiger partial charge on any atom is -0.316 e. The van der Waals surface area contributed by atoms with Crippen LogP contribution < -0.4 is 5.32 Å². The van der Waals surface area contributed by atoms with Gasteiger partial charge in [0.15, 0.2) is 0 Å². The molecule has 1 unspecified atom stereocenters. The van der Waals surface area contributed by atoms with E-state index in [0.717, 1.165) is 23.8 Å². The Bertz CT molecular complexity index is 453. The molecular weight excluding hydrogens is 285 g/mol. The van der Waals surface area contributed by atoms with Gasteiger partial charge < -0.3 is 5.32 Å². The third-order valence-electron chi connectivity index (χ3n) is 5.15. The Morgan fingerprint density at radius 3 is 2.33 bits per heavy atom. The molecule has 1 aliphatic carbocycles. The molecule has 1 fully saturated rings. The molecule has 0 radical (unpaired) electrons. The summed E-state index contributed by atoms with van der Waals surface area (Å²) in [5.74, 6) is 2.12. The third-order valence-corrected chi connectivity index (χ3v) is 5.39. The van der Waals surface area contributed by atoms with E-state index in [1.165, 1.54) is 31.7 Å². The fourth-order valence-electron chi connectivity index (χ4n) is 3.64. The molecule has 1 saturated carbocycles. The van der Waals surface area contributed by atoms with E-state index in [1.807, 2.05) is 13.1 Å². The maximum absolute atomic E-state index is 14.0. The van der Waals surface area contributed by atoms with E-state index in [9.17, 15) is 4.39 Å². The lowest BCUT2D eigenvalue weighted by Gasteiger charge is -2.35. The number of nitrogens with one attached hydrogen (secondary N) is 1. The van der Waals surface area contributed by atoms with Gasteiger partial charge in [-0.25, -0.2) is 4.39 Å². The van der Waals surface area contributed by atoms with Gasteiger partial charge in [0.1, 0.15) is 5.82 Å². The molecule has 1 atom stereocenters. The lowest BCUT2D eigenvalue weighted by Crippen LogP contribution is -2.38. The van der Waals surface area contributed by atoms with Crippen LogP contribution in [-0.4, -0.2) is 13.1 Å². The summed E-state index contributed by atoms with van der Waals surface area (Å²) in [5, 5.41) is 3.87. The first-order valence-electron chi connectivity index (χ1n) is 8.12. The van der Waals surface area contributed by atoms with E-state index in [4.69, 9.17) is 11.6 Å². The van der Waals surface area contributed by atoms with Crippen molar-refractivity contribution in [3.8, 4) is 0 Å². The van der Waals surface area contributed by atoms with Crippen LogP contribution in [-0.2, 0) is 6.42 Å². The summed E-state index contributed by atoms with van der Waals surface area (Å²) < 4.78 is 14.0. The average Bonchev–Trinajstić information content (AvgIpc) is 2.47. The first-order valence-corrected chi connectivity index (χ1v) is 8.50. The Morgan fingerprint density at radius 2 is 1.81 bits per heavy atom. The van der Waals surface area contributed by atoms with Crippen LogP contribution in [0.3, 0.4) is 0 Å². The molecule has 2 rings (SSSR count). The highest BCUT2D eigenvalue weighted by Gasteiger charge is 2.28. The number of likely N-dealkylation sites (N-methyl/N-ethyl adjacent to an activating group) is 1. The van der Waals surface area contributed by atoms with Crippen LogP contribution in [0.5, 0.6) is 0 Å². The standard InChI is InChI=1S/C18H27ClFN/c1-12(2)13-4-6-14(7-5-13)18(21-3)10-15-8-9-16(19)11-17(15)20/h8-9,11-14,18,21H,4-7,10H2,1-3H3. The van der Waals surface area contributed by atoms with Crippen molar-refractivity contribution in [3.63, 3.8) is 0 Å². The summed E-state index contributed by atoms with van der Waals surface area (Å²) in [5.41, 5.74) is 0.768. The first kappa shape index (κ1) is 16.8. The molecule has 21 heavy (non-hydrogen) atoms. The van der Waals surface area contributed by atoms with E-state index >= 15 is 0 Å². The van der Waals surface area contributed by atoms with Crippen LogP contribution in [0, 0.1) is 23.6 Å². The largest absolute Gasteiger partial charge is 0.316 e. The second-order valence-electron chi connectivity index (χ2n) is 6.75. The van der Waals surface area contributed by atoms with E-state index < -0.39 is 0 Å². The van der Waals surface area contributed by atoms with E-state index in [1.54, 1.807) is 6.07 Å². The van der Waals surface area contributed by atoms with E-state index in [0.29, 0.717) is 17.0 Å². The SMILES string of the molecule is CNC(Cc1ccc(Cl)cc1F)C1CCC(C(C)C)CC1. The Kier molecular flexibility index (Phi) is 6.07. The molecular formula is C18H27ClFN. The lowest BCUT2D eigenvalue weighted by molar-refractivity contribution is 0.191. The minimum atomic E-state index is -0.182. The van der Waals surface area contributed by atoms with Crippen LogP contribution in [0.1, 0.15) is 45.1 Å². The van der Waals surface area contributed by atoms with Crippen molar-refractivity contribution < 1.29 is 4.39 Å². The van der Waals surface area contributed by atoms with Crippen LogP contribution in [0.2, 0.25) is 5.02 Å². The minimum absolute atomic E-state index is 0.182. The van der Waals surface area contributed by atoms with Gasteiger partial charge in [-0.3, -0.25) is 0 Å². The van der Waals surface area contributed by atoms with Crippen molar-refractivity contribution in [3.05, 3.63) is 34.6 Å². The molecule has 1 aromatic carbocycles. The molecule has 1 N–H and O–H groups in total. The first-order chi connectivity index (χ1) is 10.0. The van der Waals surface area contributed by atoms with E-state index in [2.05, 4.69) is 19.2 Å². The smallest absolute Gasteiger partial charge is 0.127 e. The van der Waals surface area contributed by atoms with Gasteiger partial charge in [-0.1, -0.05) is 31.5 Å². The molecule has 3 heteroatoms. The predicted molar refractivity (Wildman–Crippen MR) is 88.2 cm³/mol. The van der Waals surface area contributed by atoms with Gasteiger partial charge in [0.05, 0.1) is 0 Å². The fraction of sp³-hybridized carbons (Fsp3) is 0.667. The van der Waals surface area contributed by atoms with Crippen LogP contribution in [0.25, 0.3) is 0 Å². The topological polar surface area (TPSA) is 12.0 Å². The van der Waals surface area contributed by atoms with Gasteiger partial charge in [0.2, 0.25) is 0 Å². The van der Waals surface area contributed by atoms with Crippen molar-refractivity contribution in [2.75, 3.05) is 7.05 Å². The number of halogens is 2. The van der Waals surface area contributed by atoms with E-state index in [-0.39, 0.29) is 5.82 Å². The molecule has 0 heterocycles. The highest BCUT2D eigenvalue weighted by atomic mass is 35.5. The molecule has 0 aliphatic heterocycles. The summed E-state index contributed by atoms with van der Waals surface area (Å²) in [6.45, 7) is 4.65. The van der Waals surface area contributed by atoms with Crippen molar-refractivity contribution in [1.29, 1.82) is 0 Å². The van der Waals surface area contributed by atoms with Crippen molar-refractivity contribution >= 4 is 11.6 Å². The van der Waals surface area contributed by atoms with Gasteiger partial charge in [-0.05, 0) is 74.6 Å². The van der Waals surface area contributed by atoms with Gasteiger partial charge in [0, 0.05) is 11.1 Å². The zero-order valence-electron chi connectivity index (χ0n) is 13.3. The Morgan fingerprint density at radius 1 is 1.19 bits per heavy atom. The molecule has 118 valence electrons. The number of hydrogen-bond acceptors (Lipinski definition) is 1. The quantitative estimate of drug-likeness (QED) is 0.800. The molecule has 1 nitrogen and oxygen atoms in total.